The normalized spacial score (nSPS) is 35.6. The molecule has 5 nitrogen and oxygen atoms in total. The van der Waals surface area contributed by atoms with Crippen LogP contribution in [-0.4, -0.2) is 44.0 Å². The van der Waals surface area contributed by atoms with Gasteiger partial charge in [-0.15, -0.1) is 6.42 Å². The molecule has 0 aromatic carbocycles. The molecule has 1 unspecified atom stereocenters. The third kappa shape index (κ3) is 2.31. The van der Waals surface area contributed by atoms with E-state index in [-0.39, 0.29) is 9.41 Å². The highest BCUT2D eigenvalue weighted by atomic mass is 32.1. The number of aromatic nitrogens is 2. The molecule has 114 valence electrons. The van der Waals surface area contributed by atoms with E-state index >= 15 is 0 Å². The SMILES string of the molecule is C#CC1(F)[C@@H](O)[C@@](F)(CO)O[C@H]1n1cc(F)c(=S)[nH]c1=S. The maximum absolute atomic E-state index is 14.7. The Morgan fingerprint density at radius 1 is 1.52 bits per heavy atom. The molecule has 1 aromatic rings. The van der Waals surface area contributed by atoms with E-state index < -0.39 is 36.3 Å². The molecule has 21 heavy (non-hydrogen) atoms. The molecule has 0 bridgehead atoms. The largest absolute Gasteiger partial charge is 0.390 e. The van der Waals surface area contributed by atoms with Gasteiger partial charge in [-0.1, -0.05) is 18.1 Å². The van der Waals surface area contributed by atoms with Crippen molar-refractivity contribution in [1.29, 1.82) is 0 Å². The summed E-state index contributed by atoms with van der Waals surface area (Å²) < 4.78 is 47.0. The summed E-state index contributed by atoms with van der Waals surface area (Å²) in [5, 5.41) is 18.6. The fourth-order valence-electron chi connectivity index (χ4n) is 1.95. The number of terminal acetylenes is 1. The summed E-state index contributed by atoms with van der Waals surface area (Å²) in [5.41, 5.74) is -3.07. The van der Waals surface area contributed by atoms with Crippen LogP contribution in [0.15, 0.2) is 6.20 Å². The lowest BCUT2D eigenvalue weighted by atomic mass is 9.96. The van der Waals surface area contributed by atoms with Crippen LogP contribution in [0.1, 0.15) is 6.23 Å². The highest BCUT2D eigenvalue weighted by Gasteiger charge is 2.66. The maximum Gasteiger partial charge on any atom is 0.264 e. The summed E-state index contributed by atoms with van der Waals surface area (Å²) >= 11 is 9.43. The summed E-state index contributed by atoms with van der Waals surface area (Å²) in [7, 11) is 0. The fourth-order valence-corrected chi connectivity index (χ4v) is 2.42. The lowest BCUT2D eigenvalue weighted by Gasteiger charge is -2.24. The van der Waals surface area contributed by atoms with Crippen LogP contribution >= 0.6 is 24.4 Å². The number of nitrogens with zero attached hydrogens (tertiary/aromatic N) is 1. The monoisotopic (exact) mass is 338 g/mol. The first-order chi connectivity index (χ1) is 9.69. The quantitative estimate of drug-likeness (QED) is 0.560. The lowest BCUT2D eigenvalue weighted by molar-refractivity contribution is -0.207. The smallest absolute Gasteiger partial charge is 0.264 e. The molecule has 1 fully saturated rings. The number of rotatable bonds is 2. The average Bonchev–Trinajstić information content (AvgIpc) is 2.66. The zero-order valence-corrected chi connectivity index (χ0v) is 11.8. The van der Waals surface area contributed by atoms with E-state index in [0.717, 1.165) is 0 Å². The molecule has 0 saturated carbocycles. The Labute approximate surface area is 127 Å². The van der Waals surface area contributed by atoms with Crippen molar-refractivity contribution >= 4 is 24.4 Å². The first-order valence-corrected chi connectivity index (χ1v) is 6.34. The Hall–Kier alpha value is -1.25. The summed E-state index contributed by atoms with van der Waals surface area (Å²) in [6.45, 7) is -1.35. The maximum atomic E-state index is 14.7. The molecule has 0 amide bonds. The van der Waals surface area contributed by atoms with Gasteiger partial charge in [-0.05, 0) is 12.2 Å². The standard InChI is InChI=1S/C11H9F3N2O3S2/c1-2-10(13)7(18)11(14,4-17)19-8(10)16-3-5(12)6(20)15-9(16)21/h1,3,7-8,17-18H,4H2,(H,15,20,21)/t7-,8-,10?,11-/m1/s1. The van der Waals surface area contributed by atoms with E-state index in [1.54, 1.807) is 5.92 Å². The minimum absolute atomic E-state index is 0.293. The van der Waals surface area contributed by atoms with Gasteiger partial charge in [0, 0.05) is 6.20 Å². The fraction of sp³-hybridized carbons (Fsp3) is 0.455. The van der Waals surface area contributed by atoms with Gasteiger partial charge in [0.1, 0.15) is 11.2 Å². The number of halogens is 3. The first-order valence-electron chi connectivity index (χ1n) is 5.53. The highest BCUT2D eigenvalue weighted by molar-refractivity contribution is 7.72. The van der Waals surface area contributed by atoms with Crippen molar-refractivity contribution < 1.29 is 28.1 Å². The molecule has 2 rings (SSSR count). The third-order valence-electron chi connectivity index (χ3n) is 3.09. The van der Waals surface area contributed by atoms with Crippen LogP contribution in [0.4, 0.5) is 13.2 Å². The summed E-state index contributed by atoms with van der Waals surface area (Å²) in [5.74, 6) is -2.56. The summed E-state index contributed by atoms with van der Waals surface area (Å²) in [6.07, 6.45) is 1.20. The van der Waals surface area contributed by atoms with Gasteiger partial charge in [0.2, 0.25) is 5.67 Å². The number of aromatic amines is 1. The molecule has 0 spiro atoms. The zero-order valence-electron chi connectivity index (χ0n) is 10.2. The van der Waals surface area contributed by atoms with Gasteiger partial charge in [-0.2, -0.15) is 0 Å². The molecule has 10 heteroatoms. The Bertz CT molecular complexity index is 731. The van der Waals surface area contributed by atoms with E-state index in [0.29, 0.717) is 10.8 Å². The van der Waals surface area contributed by atoms with Crippen molar-refractivity contribution in [3.8, 4) is 12.3 Å². The van der Waals surface area contributed by atoms with Gasteiger partial charge in [-0.25, -0.2) is 13.2 Å². The first kappa shape index (κ1) is 16.1. The van der Waals surface area contributed by atoms with Gasteiger partial charge in [0.25, 0.3) is 5.85 Å². The molecule has 1 saturated heterocycles. The highest BCUT2D eigenvalue weighted by Crippen LogP contribution is 2.47. The second kappa shape index (κ2) is 5.19. The molecular formula is C11H9F3N2O3S2. The Kier molecular flexibility index (Phi) is 3.98. The van der Waals surface area contributed by atoms with Gasteiger partial charge in [-0.3, -0.25) is 4.57 Å². The van der Waals surface area contributed by atoms with Crippen molar-refractivity contribution in [2.45, 2.75) is 23.9 Å². The number of alkyl halides is 2. The molecular weight excluding hydrogens is 329 g/mol. The van der Waals surface area contributed by atoms with Crippen LogP contribution in [0.3, 0.4) is 0 Å². The van der Waals surface area contributed by atoms with Crippen LogP contribution in [0, 0.1) is 27.6 Å². The molecule has 0 aliphatic carbocycles. The number of aliphatic hydroxyl groups is 2. The Balaban J connectivity index is 2.64. The van der Waals surface area contributed by atoms with Crippen LogP contribution in [0.5, 0.6) is 0 Å². The molecule has 1 aliphatic rings. The van der Waals surface area contributed by atoms with Crippen molar-refractivity contribution in [2.24, 2.45) is 0 Å². The third-order valence-corrected chi connectivity index (χ3v) is 3.70. The molecule has 2 heterocycles. The summed E-state index contributed by atoms with van der Waals surface area (Å²) in [4.78, 5) is 2.24. The van der Waals surface area contributed by atoms with E-state index in [4.69, 9.17) is 23.7 Å². The number of nitrogens with one attached hydrogen (secondary N) is 1. The number of hydrogen-bond donors (Lipinski definition) is 3. The van der Waals surface area contributed by atoms with Crippen LogP contribution in [-0.2, 0) is 4.74 Å². The Morgan fingerprint density at radius 3 is 2.67 bits per heavy atom. The van der Waals surface area contributed by atoms with Crippen molar-refractivity contribution in [2.75, 3.05) is 6.61 Å². The topological polar surface area (TPSA) is 70.4 Å². The van der Waals surface area contributed by atoms with Crippen molar-refractivity contribution in [1.82, 2.24) is 9.55 Å². The molecule has 1 aliphatic heterocycles. The van der Waals surface area contributed by atoms with E-state index in [1.165, 1.54) is 0 Å². The molecule has 0 radical (unpaired) electrons. The van der Waals surface area contributed by atoms with Gasteiger partial charge in [0.05, 0.1) is 0 Å². The minimum atomic E-state index is -3.15. The molecule has 3 N–H and O–H groups in total. The van der Waals surface area contributed by atoms with Crippen LogP contribution in [0.2, 0.25) is 0 Å². The molecule has 4 atom stereocenters. The Morgan fingerprint density at radius 2 is 2.14 bits per heavy atom. The van der Waals surface area contributed by atoms with E-state index in [1.807, 2.05) is 0 Å². The van der Waals surface area contributed by atoms with Gasteiger partial charge >= 0.3 is 0 Å². The lowest BCUT2D eigenvalue weighted by Crippen LogP contribution is -2.47. The van der Waals surface area contributed by atoms with Crippen molar-refractivity contribution in [3.05, 3.63) is 21.4 Å². The number of H-pyrrole nitrogens is 1. The minimum Gasteiger partial charge on any atom is -0.390 e. The van der Waals surface area contributed by atoms with Crippen molar-refractivity contribution in [3.63, 3.8) is 0 Å². The second-order valence-electron chi connectivity index (χ2n) is 4.37. The van der Waals surface area contributed by atoms with Crippen LogP contribution < -0.4 is 0 Å². The predicted octanol–water partition coefficient (Wildman–Crippen LogP) is 1.30. The number of hydrogen-bond acceptors (Lipinski definition) is 5. The van der Waals surface area contributed by atoms with E-state index in [9.17, 15) is 18.3 Å². The second-order valence-corrected chi connectivity index (χ2v) is 5.17. The average molecular weight is 338 g/mol. The van der Waals surface area contributed by atoms with Gasteiger partial charge in [0.15, 0.2) is 22.9 Å². The van der Waals surface area contributed by atoms with Gasteiger partial charge < -0.3 is 19.9 Å². The van der Waals surface area contributed by atoms with Crippen LogP contribution in [0.25, 0.3) is 0 Å². The van der Waals surface area contributed by atoms with E-state index in [2.05, 4.69) is 21.9 Å². The molecule has 1 aromatic heterocycles. The zero-order chi connectivity index (χ0) is 16.0. The summed E-state index contributed by atoms with van der Waals surface area (Å²) in [6, 6.07) is 0. The number of ether oxygens (including phenoxy) is 1. The number of aliphatic hydroxyl groups excluding tert-OH is 2. The predicted molar refractivity (Wildman–Crippen MR) is 70.1 cm³/mol.